The molecule has 0 atom stereocenters. The van der Waals surface area contributed by atoms with E-state index in [1.54, 1.807) is 60.7 Å². The summed E-state index contributed by atoms with van der Waals surface area (Å²) in [6.07, 6.45) is 1.33. The summed E-state index contributed by atoms with van der Waals surface area (Å²) in [5, 5.41) is 13.0. The van der Waals surface area contributed by atoms with E-state index in [0.717, 1.165) is 4.90 Å². The number of imide groups is 2. The summed E-state index contributed by atoms with van der Waals surface area (Å²) in [6.45, 7) is 0.0450. The van der Waals surface area contributed by atoms with E-state index in [4.69, 9.17) is 9.47 Å². The van der Waals surface area contributed by atoms with Gasteiger partial charge in [0.25, 0.3) is 17.5 Å². The Morgan fingerprint density at radius 3 is 2.34 bits per heavy atom. The Balaban J connectivity index is 1.67. The van der Waals surface area contributed by atoms with Crippen molar-refractivity contribution in [1.82, 2.24) is 5.32 Å². The predicted octanol–water partition coefficient (Wildman–Crippen LogP) is 3.85. The van der Waals surface area contributed by atoms with Gasteiger partial charge in [0.1, 0.15) is 12.2 Å². The molecule has 4 rings (SSSR count). The van der Waals surface area contributed by atoms with E-state index in [1.807, 2.05) is 0 Å². The highest BCUT2D eigenvalue weighted by Crippen LogP contribution is 2.34. The van der Waals surface area contributed by atoms with Crippen LogP contribution in [0.4, 0.5) is 16.2 Å². The third-order valence-corrected chi connectivity index (χ3v) is 5.18. The number of methoxy groups -OCH3 is 1. The van der Waals surface area contributed by atoms with E-state index in [0.29, 0.717) is 22.6 Å². The summed E-state index contributed by atoms with van der Waals surface area (Å²) in [5.41, 5.74) is 1.03. The summed E-state index contributed by atoms with van der Waals surface area (Å²) in [5.74, 6) is -1.02. The summed E-state index contributed by atoms with van der Waals surface area (Å²) in [7, 11) is 1.44. The van der Waals surface area contributed by atoms with Gasteiger partial charge in [-0.1, -0.05) is 30.3 Å². The molecule has 10 nitrogen and oxygen atoms in total. The number of nitrogens with zero attached hydrogens (tertiary/aromatic N) is 2. The van der Waals surface area contributed by atoms with Crippen molar-refractivity contribution in [3.63, 3.8) is 0 Å². The molecule has 1 heterocycles. The largest absolute Gasteiger partial charge is 0.493 e. The lowest BCUT2D eigenvalue weighted by Crippen LogP contribution is -2.54. The average Bonchev–Trinajstić information content (AvgIpc) is 2.86. The quantitative estimate of drug-likeness (QED) is 0.239. The normalized spacial score (nSPS) is 14.6. The van der Waals surface area contributed by atoms with Crippen LogP contribution in [-0.4, -0.2) is 29.9 Å². The maximum Gasteiger partial charge on any atom is 0.335 e. The number of amides is 4. The van der Waals surface area contributed by atoms with Gasteiger partial charge in [-0.2, -0.15) is 0 Å². The zero-order valence-electron chi connectivity index (χ0n) is 18.5. The zero-order valence-corrected chi connectivity index (χ0v) is 18.5. The monoisotopic (exact) mass is 473 g/mol. The molecule has 176 valence electrons. The first-order chi connectivity index (χ1) is 16.9. The van der Waals surface area contributed by atoms with Crippen LogP contribution >= 0.6 is 0 Å². The van der Waals surface area contributed by atoms with Crippen LogP contribution in [0.25, 0.3) is 6.08 Å². The second-order valence-corrected chi connectivity index (χ2v) is 7.38. The van der Waals surface area contributed by atoms with E-state index >= 15 is 0 Å². The van der Waals surface area contributed by atoms with Crippen molar-refractivity contribution in [3.8, 4) is 11.5 Å². The van der Waals surface area contributed by atoms with Crippen LogP contribution in [0.15, 0.2) is 78.4 Å². The van der Waals surface area contributed by atoms with Crippen LogP contribution in [-0.2, 0) is 16.2 Å². The number of carbonyl (C=O) groups excluding carboxylic acids is 3. The highest BCUT2D eigenvalue weighted by atomic mass is 16.6. The summed E-state index contributed by atoms with van der Waals surface area (Å²) < 4.78 is 11.3. The van der Waals surface area contributed by atoms with E-state index in [1.165, 1.54) is 25.3 Å². The van der Waals surface area contributed by atoms with Crippen molar-refractivity contribution in [2.75, 3.05) is 12.0 Å². The Hall–Kier alpha value is -4.99. The maximum absolute atomic E-state index is 13.1. The molecule has 0 spiro atoms. The third-order valence-electron chi connectivity index (χ3n) is 5.18. The molecule has 0 aromatic heterocycles. The van der Waals surface area contributed by atoms with Crippen molar-refractivity contribution in [3.05, 3.63) is 99.6 Å². The lowest BCUT2D eigenvalue weighted by molar-refractivity contribution is -0.384. The zero-order chi connectivity index (χ0) is 24.9. The maximum atomic E-state index is 13.1. The molecule has 1 aliphatic rings. The van der Waals surface area contributed by atoms with Gasteiger partial charge in [0, 0.05) is 17.7 Å². The Labute approximate surface area is 199 Å². The highest BCUT2D eigenvalue weighted by Gasteiger charge is 2.37. The molecule has 0 saturated carbocycles. The van der Waals surface area contributed by atoms with Gasteiger partial charge in [-0.15, -0.1) is 0 Å². The number of para-hydroxylation sites is 2. The number of hydrogen-bond donors (Lipinski definition) is 1. The molecule has 1 aliphatic heterocycles. The standard InChI is InChI=1S/C25H19N3O7/c1-34-21-9-5-6-17(22(21)35-15-16-10-12-19(13-11-16)28(32)33)14-20-23(29)26-25(31)27(24(20)30)18-7-3-2-4-8-18/h2-14H,15H2,1H3,(H,26,29,31)/b20-14-. The molecule has 0 unspecified atom stereocenters. The number of benzene rings is 3. The number of nitro benzene ring substituents is 1. The molecule has 4 amide bonds. The molecule has 0 aliphatic carbocycles. The second kappa shape index (κ2) is 9.87. The van der Waals surface area contributed by atoms with Crippen LogP contribution < -0.4 is 19.7 Å². The van der Waals surface area contributed by atoms with Gasteiger partial charge in [0.2, 0.25) is 0 Å². The first-order valence-electron chi connectivity index (χ1n) is 10.4. The number of barbiturate groups is 1. The van der Waals surface area contributed by atoms with Crippen molar-refractivity contribution in [2.24, 2.45) is 0 Å². The molecule has 3 aromatic rings. The van der Waals surface area contributed by atoms with E-state index in [-0.39, 0.29) is 23.6 Å². The lowest BCUT2D eigenvalue weighted by Gasteiger charge is -2.26. The number of urea groups is 1. The Morgan fingerprint density at radius 2 is 1.69 bits per heavy atom. The van der Waals surface area contributed by atoms with Gasteiger partial charge in [-0.25, -0.2) is 9.69 Å². The lowest BCUT2D eigenvalue weighted by atomic mass is 10.1. The molecule has 10 heteroatoms. The van der Waals surface area contributed by atoms with Gasteiger partial charge in [0.15, 0.2) is 11.5 Å². The predicted molar refractivity (Wildman–Crippen MR) is 126 cm³/mol. The second-order valence-electron chi connectivity index (χ2n) is 7.38. The van der Waals surface area contributed by atoms with Gasteiger partial charge in [-0.05, 0) is 42.0 Å². The van der Waals surface area contributed by atoms with Crippen LogP contribution in [0, 0.1) is 10.1 Å². The molecule has 3 aromatic carbocycles. The minimum absolute atomic E-state index is 0.0450. The molecule has 0 radical (unpaired) electrons. The number of hydrogen-bond acceptors (Lipinski definition) is 7. The minimum atomic E-state index is -0.844. The first kappa shape index (κ1) is 23.2. The van der Waals surface area contributed by atoms with E-state index in [2.05, 4.69) is 5.32 Å². The van der Waals surface area contributed by atoms with Crippen molar-refractivity contribution in [1.29, 1.82) is 0 Å². The molecular weight excluding hydrogens is 454 g/mol. The molecule has 0 bridgehead atoms. The number of nitrogens with one attached hydrogen (secondary N) is 1. The fourth-order valence-corrected chi connectivity index (χ4v) is 3.46. The number of rotatable bonds is 7. The molecule has 1 N–H and O–H groups in total. The summed E-state index contributed by atoms with van der Waals surface area (Å²) in [6, 6.07) is 18.2. The first-order valence-corrected chi connectivity index (χ1v) is 10.4. The van der Waals surface area contributed by atoms with Gasteiger partial charge < -0.3 is 9.47 Å². The topological polar surface area (TPSA) is 128 Å². The fraction of sp³-hybridized carbons (Fsp3) is 0.0800. The Bertz CT molecular complexity index is 1330. The van der Waals surface area contributed by atoms with Crippen molar-refractivity contribution >= 4 is 35.3 Å². The number of carbonyl (C=O) groups is 3. The minimum Gasteiger partial charge on any atom is -0.493 e. The molecular formula is C25H19N3O7. The summed E-state index contributed by atoms with van der Waals surface area (Å²) in [4.78, 5) is 49.3. The molecule has 1 fully saturated rings. The number of nitro groups is 1. The SMILES string of the molecule is COc1cccc(/C=C2/C(=O)NC(=O)N(c3ccccc3)C2=O)c1OCc1ccc([N+](=O)[O-])cc1. The highest BCUT2D eigenvalue weighted by molar-refractivity contribution is 6.39. The smallest absolute Gasteiger partial charge is 0.335 e. The Kier molecular flexibility index (Phi) is 6.54. The van der Waals surface area contributed by atoms with Gasteiger partial charge >= 0.3 is 6.03 Å². The average molecular weight is 473 g/mol. The van der Waals surface area contributed by atoms with E-state index < -0.39 is 22.8 Å². The van der Waals surface area contributed by atoms with Crippen LogP contribution in [0.1, 0.15) is 11.1 Å². The number of non-ortho nitro benzene ring substituents is 1. The Morgan fingerprint density at radius 1 is 0.971 bits per heavy atom. The molecule has 1 saturated heterocycles. The third kappa shape index (κ3) is 4.86. The van der Waals surface area contributed by atoms with E-state index in [9.17, 15) is 24.5 Å². The summed E-state index contributed by atoms with van der Waals surface area (Å²) >= 11 is 0. The fourth-order valence-electron chi connectivity index (χ4n) is 3.46. The van der Waals surface area contributed by atoms with Gasteiger partial charge in [-0.3, -0.25) is 25.0 Å². The number of ether oxygens (including phenoxy) is 2. The number of anilines is 1. The van der Waals surface area contributed by atoms with Crippen molar-refractivity contribution in [2.45, 2.75) is 6.61 Å². The van der Waals surface area contributed by atoms with Crippen LogP contribution in [0.2, 0.25) is 0 Å². The van der Waals surface area contributed by atoms with Crippen LogP contribution in [0.3, 0.4) is 0 Å². The molecule has 35 heavy (non-hydrogen) atoms. The van der Waals surface area contributed by atoms with Crippen LogP contribution in [0.5, 0.6) is 11.5 Å². The van der Waals surface area contributed by atoms with Gasteiger partial charge in [0.05, 0.1) is 17.7 Å². The van der Waals surface area contributed by atoms with Crippen molar-refractivity contribution < 1.29 is 28.8 Å².